The lowest BCUT2D eigenvalue weighted by molar-refractivity contribution is 0.171. The molecule has 7 nitrogen and oxygen atoms in total. The Bertz CT molecular complexity index is 437. The summed E-state index contributed by atoms with van der Waals surface area (Å²) in [7, 11) is 1.58. The van der Waals surface area contributed by atoms with E-state index in [0.717, 1.165) is 0 Å². The zero-order valence-electron chi connectivity index (χ0n) is 9.53. The number of aromatic nitrogens is 3. The van der Waals surface area contributed by atoms with Crippen LogP contribution >= 0.6 is 0 Å². The van der Waals surface area contributed by atoms with Crippen molar-refractivity contribution in [1.29, 1.82) is 0 Å². The molecule has 0 amide bonds. The minimum absolute atomic E-state index is 0.0375. The van der Waals surface area contributed by atoms with E-state index in [1.54, 1.807) is 7.11 Å². The topological polar surface area (TPSA) is 99.9 Å². The third kappa shape index (κ3) is 3.20. The highest BCUT2D eigenvalue weighted by Gasteiger charge is 2.15. The highest BCUT2D eigenvalue weighted by atomic mass is 16.5. The van der Waals surface area contributed by atoms with E-state index in [0.29, 0.717) is 6.61 Å². The summed E-state index contributed by atoms with van der Waals surface area (Å²) in [6.45, 7) is 4.45. The molecule has 90 valence electrons. The van der Waals surface area contributed by atoms with Gasteiger partial charge >= 0.3 is 5.69 Å². The first kappa shape index (κ1) is 12.4. The third-order valence-electron chi connectivity index (χ3n) is 2.18. The summed E-state index contributed by atoms with van der Waals surface area (Å²) in [5.74, 6) is 0.364. The van der Waals surface area contributed by atoms with Gasteiger partial charge in [-0.25, -0.2) is 9.89 Å². The molecule has 0 saturated carbocycles. The maximum Gasteiger partial charge on any atom is 0.342 e. The van der Waals surface area contributed by atoms with Gasteiger partial charge in [0.1, 0.15) is 0 Å². The number of anilines is 1. The summed E-state index contributed by atoms with van der Waals surface area (Å²) >= 11 is 0. The molecule has 1 aromatic heterocycles. The molecule has 3 N–H and O–H groups in total. The van der Waals surface area contributed by atoms with E-state index >= 15 is 0 Å². The van der Waals surface area contributed by atoms with Crippen molar-refractivity contribution in [2.45, 2.75) is 19.9 Å². The van der Waals surface area contributed by atoms with E-state index < -0.39 is 11.2 Å². The molecule has 0 spiro atoms. The van der Waals surface area contributed by atoms with Crippen molar-refractivity contribution in [2.75, 3.05) is 19.0 Å². The fraction of sp³-hybridized carbons (Fsp3) is 0.667. The zero-order chi connectivity index (χ0) is 12.1. The largest absolute Gasteiger partial charge is 0.383 e. The molecule has 1 aromatic rings. The molecule has 1 atom stereocenters. The van der Waals surface area contributed by atoms with E-state index in [2.05, 4.69) is 20.5 Å². The summed E-state index contributed by atoms with van der Waals surface area (Å²) in [6, 6.07) is -0.0375. The normalized spacial score (nSPS) is 12.8. The van der Waals surface area contributed by atoms with Gasteiger partial charge < -0.3 is 10.1 Å². The summed E-state index contributed by atoms with van der Waals surface area (Å²) in [5.41, 5.74) is -1.16. The fourth-order valence-electron chi connectivity index (χ4n) is 1.20. The number of H-pyrrole nitrogens is 2. The standard InChI is InChI=1S/C9H16N4O3/c1-5(2)6(4-16-3)10-7-8(14)11-9(15)13-12-7/h5-6H,4H2,1-3H3,(H,10,12)(H2,11,13,14,15). The highest BCUT2D eigenvalue weighted by Crippen LogP contribution is 2.06. The Labute approximate surface area is 92.2 Å². The Kier molecular flexibility index (Phi) is 4.24. The predicted octanol–water partition coefficient (Wildman–Crippen LogP) is -0.459. The summed E-state index contributed by atoms with van der Waals surface area (Å²) in [4.78, 5) is 24.2. The number of nitrogens with one attached hydrogen (secondary N) is 3. The average Bonchev–Trinajstić information content (AvgIpc) is 2.20. The molecule has 1 heterocycles. The molecule has 16 heavy (non-hydrogen) atoms. The maximum atomic E-state index is 11.4. The molecule has 1 unspecified atom stereocenters. The van der Waals surface area contributed by atoms with E-state index in [9.17, 15) is 9.59 Å². The third-order valence-corrected chi connectivity index (χ3v) is 2.18. The van der Waals surface area contributed by atoms with Gasteiger partial charge in [0, 0.05) is 7.11 Å². The average molecular weight is 228 g/mol. The monoisotopic (exact) mass is 228 g/mol. The van der Waals surface area contributed by atoms with Crippen molar-refractivity contribution >= 4 is 5.82 Å². The minimum atomic E-state index is -0.622. The molecule has 0 aliphatic carbocycles. The Balaban J connectivity index is 2.85. The predicted molar refractivity (Wildman–Crippen MR) is 59.6 cm³/mol. The zero-order valence-corrected chi connectivity index (χ0v) is 9.53. The Morgan fingerprint density at radius 1 is 1.44 bits per heavy atom. The number of aromatic amines is 2. The first-order valence-electron chi connectivity index (χ1n) is 4.99. The van der Waals surface area contributed by atoms with Crippen molar-refractivity contribution in [1.82, 2.24) is 15.2 Å². The molecule has 0 saturated heterocycles. The number of ether oxygens (including phenoxy) is 1. The van der Waals surface area contributed by atoms with Crippen LogP contribution < -0.4 is 16.6 Å². The molecule has 0 radical (unpaired) electrons. The van der Waals surface area contributed by atoms with E-state index in [-0.39, 0.29) is 17.8 Å². The van der Waals surface area contributed by atoms with Crippen molar-refractivity contribution < 1.29 is 4.74 Å². The van der Waals surface area contributed by atoms with Gasteiger partial charge in [-0.1, -0.05) is 13.8 Å². The first-order chi connectivity index (χ1) is 7.54. The van der Waals surface area contributed by atoms with Crippen molar-refractivity contribution in [2.24, 2.45) is 5.92 Å². The number of hydrogen-bond donors (Lipinski definition) is 3. The van der Waals surface area contributed by atoms with E-state index in [1.165, 1.54) is 0 Å². The molecule has 1 rings (SSSR count). The van der Waals surface area contributed by atoms with Crippen LogP contribution in [0.15, 0.2) is 9.59 Å². The van der Waals surface area contributed by atoms with E-state index in [1.807, 2.05) is 13.8 Å². The Hall–Kier alpha value is -1.63. The van der Waals surface area contributed by atoms with Crippen LogP contribution in [0.2, 0.25) is 0 Å². The number of rotatable bonds is 5. The Morgan fingerprint density at radius 2 is 2.12 bits per heavy atom. The van der Waals surface area contributed by atoms with Gasteiger partial charge in [0.25, 0.3) is 5.56 Å². The molecule has 7 heteroatoms. The van der Waals surface area contributed by atoms with Gasteiger partial charge in [0.2, 0.25) is 5.82 Å². The summed E-state index contributed by atoms with van der Waals surface area (Å²) < 4.78 is 5.03. The molecular weight excluding hydrogens is 212 g/mol. The van der Waals surface area contributed by atoms with Crippen LogP contribution in [0, 0.1) is 5.92 Å². The molecular formula is C9H16N4O3. The lowest BCUT2D eigenvalue weighted by Crippen LogP contribution is -2.35. The van der Waals surface area contributed by atoms with Crippen LogP contribution in [0.1, 0.15) is 13.8 Å². The molecule has 0 bridgehead atoms. The van der Waals surface area contributed by atoms with Gasteiger partial charge in [-0.2, -0.15) is 0 Å². The van der Waals surface area contributed by atoms with Crippen molar-refractivity contribution in [3.05, 3.63) is 20.8 Å². The van der Waals surface area contributed by atoms with Gasteiger partial charge in [-0.15, -0.1) is 5.10 Å². The summed E-state index contributed by atoms with van der Waals surface area (Å²) in [6.07, 6.45) is 0. The van der Waals surface area contributed by atoms with Crippen LogP contribution in [0.3, 0.4) is 0 Å². The molecule has 0 aliphatic rings. The number of methoxy groups -OCH3 is 1. The molecule has 0 aromatic carbocycles. The quantitative estimate of drug-likeness (QED) is 0.633. The van der Waals surface area contributed by atoms with Crippen molar-refractivity contribution in [3.8, 4) is 0 Å². The lowest BCUT2D eigenvalue weighted by atomic mass is 10.1. The molecule has 0 fully saturated rings. The number of nitrogens with zero attached hydrogens (tertiary/aromatic N) is 1. The van der Waals surface area contributed by atoms with Gasteiger partial charge in [-0.05, 0) is 5.92 Å². The van der Waals surface area contributed by atoms with Gasteiger partial charge in [-0.3, -0.25) is 9.78 Å². The second-order valence-corrected chi connectivity index (χ2v) is 3.81. The van der Waals surface area contributed by atoms with E-state index in [4.69, 9.17) is 4.74 Å². The first-order valence-corrected chi connectivity index (χ1v) is 4.99. The maximum absolute atomic E-state index is 11.4. The fourth-order valence-corrected chi connectivity index (χ4v) is 1.20. The molecule has 0 aliphatic heterocycles. The number of hydrogen-bond acceptors (Lipinski definition) is 5. The van der Waals surface area contributed by atoms with Gasteiger partial charge in [0.15, 0.2) is 0 Å². The smallest absolute Gasteiger partial charge is 0.342 e. The van der Waals surface area contributed by atoms with Gasteiger partial charge in [0.05, 0.1) is 12.6 Å². The second-order valence-electron chi connectivity index (χ2n) is 3.81. The minimum Gasteiger partial charge on any atom is -0.383 e. The van der Waals surface area contributed by atoms with Crippen LogP contribution in [-0.4, -0.2) is 34.9 Å². The van der Waals surface area contributed by atoms with Crippen LogP contribution in [-0.2, 0) is 4.74 Å². The second kappa shape index (κ2) is 5.45. The van der Waals surface area contributed by atoms with Crippen LogP contribution in [0.4, 0.5) is 5.82 Å². The lowest BCUT2D eigenvalue weighted by Gasteiger charge is -2.21. The summed E-state index contributed by atoms with van der Waals surface area (Å²) in [5, 5.41) is 8.72. The SMILES string of the molecule is COCC(Nc1n[nH]c(=O)[nH]c1=O)C(C)C. The Morgan fingerprint density at radius 3 is 2.62 bits per heavy atom. The van der Waals surface area contributed by atoms with Crippen molar-refractivity contribution in [3.63, 3.8) is 0 Å². The van der Waals surface area contributed by atoms with Crippen LogP contribution in [0.25, 0.3) is 0 Å². The highest BCUT2D eigenvalue weighted by molar-refractivity contribution is 5.30. The van der Waals surface area contributed by atoms with Crippen LogP contribution in [0.5, 0.6) is 0 Å².